The molecule has 0 atom stereocenters. The van der Waals surface area contributed by atoms with Crippen molar-refractivity contribution in [1.82, 2.24) is 0 Å². The van der Waals surface area contributed by atoms with Crippen LogP contribution in [-0.4, -0.2) is 5.11 Å². The Morgan fingerprint density at radius 2 is 2.69 bits per heavy atom. The van der Waals surface area contributed by atoms with E-state index in [1.807, 2.05) is 0 Å². The Hall–Kier alpha value is -1.24. The van der Waals surface area contributed by atoms with Crippen LogP contribution in [-0.2, 0) is 6.42 Å². The van der Waals surface area contributed by atoms with E-state index in [4.69, 9.17) is 11.0 Å². The van der Waals surface area contributed by atoms with E-state index in [1.165, 1.54) is 0 Å². The number of hydrogen-bond acceptors (Lipinski definition) is 1. The molecule has 0 amide bonds. The fourth-order valence-corrected chi connectivity index (χ4v) is 1.65. The summed E-state index contributed by atoms with van der Waals surface area (Å²) in [7, 11) is 0. The average Bonchev–Trinajstić information content (AvgIpc) is 2.37. The van der Waals surface area contributed by atoms with Crippen molar-refractivity contribution in [2.75, 3.05) is 0 Å². The van der Waals surface area contributed by atoms with Crippen LogP contribution in [0.4, 0.5) is 0 Å². The zero-order chi connectivity index (χ0) is 15.9. The first-order chi connectivity index (χ1) is 9.70. The molecular formula is C12H14O. The van der Waals surface area contributed by atoms with E-state index in [0.29, 0.717) is 24.8 Å². The maximum Gasteiger partial charge on any atom is 0.293 e. The zero-order valence-corrected chi connectivity index (χ0v) is 7.03. The topological polar surface area (TPSA) is 20.2 Å². The first-order valence-corrected chi connectivity index (χ1v) is 4.16. The summed E-state index contributed by atoms with van der Waals surface area (Å²) in [5, 5.41) is 4.56. The highest BCUT2D eigenvalue weighted by molar-refractivity contribution is 5.45. The van der Waals surface area contributed by atoms with Gasteiger partial charge in [-0.05, 0) is 36.0 Å². The second-order valence-electron chi connectivity index (χ2n) is 3.13. The lowest BCUT2D eigenvalue weighted by Crippen LogP contribution is -2.33. The predicted octanol–water partition coefficient (Wildman–Crippen LogP) is 1.41. The van der Waals surface area contributed by atoms with Gasteiger partial charge in [-0.1, -0.05) is 18.6 Å². The average molecular weight is 182 g/mol. The number of benzene rings is 1. The predicted molar refractivity (Wildman–Crippen MR) is 54.9 cm³/mol. The Balaban J connectivity index is 3.16. The highest BCUT2D eigenvalue weighted by atomic mass is 16.3. The molecule has 1 N–H and O–H groups in total. The van der Waals surface area contributed by atoms with Gasteiger partial charge in [0.05, 0.1) is 5.48 Å². The van der Waals surface area contributed by atoms with Crippen molar-refractivity contribution in [3.63, 3.8) is 0 Å². The Bertz CT molecular complexity index is 700. The molecule has 13 heavy (non-hydrogen) atoms. The SMILES string of the molecule is [2H]OC1=c2c(c(C([2H])([2H])[2H])c([2H])c([2H])c2=C([2H])[2H])CCC1. The largest absolute Gasteiger partial charge is 0.512 e. The maximum atomic E-state index is 7.92. The van der Waals surface area contributed by atoms with Crippen LogP contribution >= 0.6 is 0 Å². The van der Waals surface area contributed by atoms with Gasteiger partial charge >= 0.3 is 0 Å². The zero-order valence-electron chi connectivity index (χ0n) is 15.0. The normalized spacial score (nSPS) is 24.8. The van der Waals surface area contributed by atoms with E-state index in [0.717, 1.165) is 0 Å². The summed E-state index contributed by atoms with van der Waals surface area (Å²) in [5.41, 5.74) is 0.0678. The molecule has 0 aromatic heterocycles. The van der Waals surface area contributed by atoms with Crippen molar-refractivity contribution in [1.29, 1.82) is 1.43 Å². The van der Waals surface area contributed by atoms with Crippen LogP contribution in [0.2, 0.25) is 0 Å². The molecule has 0 aliphatic heterocycles. The number of aliphatic hydroxyl groups excluding tert-OH is 1. The van der Waals surface area contributed by atoms with Crippen molar-refractivity contribution in [3.05, 3.63) is 33.6 Å². The fraction of sp³-hybridized carbons (Fsp3) is 0.333. The Morgan fingerprint density at radius 1 is 1.69 bits per heavy atom. The lowest BCUT2D eigenvalue weighted by Gasteiger charge is -2.14. The Kier molecular flexibility index (Phi) is 0.708. The molecule has 0 saturated carbocycles. The van der Waals surface area contributed by atoms with Gasteiger partial charge in [0.25, 0.3) is 1.43 Å². The third-order valence-corrected chi connectivity index (χ3v) is 2.28. The summed E-state index contributed by atoms with van der Waals surface area (Å²) in [6.45, 7) is -3.25. The number of hydrogen-bond donors (Lipinski definition) is 1. The standard InChI is InChI=1S/C12H14O/c1-8-6-7-9(2)12-10(8)4-3-5-11(12)13/h6-7,13H,2-5H2,1H3/i1D3,2D2,6D,7D/hD. The molecule has 1 aromatic rings. The van der Waals surface area contributed by atoms with Crippen molar-refractivity contribution in [2.45, 2.75) is 26.1 Å². The molecule has 1 heteroatoms. The monoisotopic (exact) mass is 182 g/mol. The van der Waals surface area contributed by atoms with Crippen LogP contribution in [0.15, 0.2) is 12.1 Å². The van der Waals surface area contributed by atoms with Crippen molar-refractivity contribution < 1.29 is 14.7 Å². The summed E-state index contributed by atoms with van der Waals surface area (Å²) >= 11 is 0. The number of aliphatic hydroxyl groups is 1. The molecule has 0 radical (unpaired) electrons. The van der Waals surface area contributed by atoms with E-state index in [-0.39, 0.29) is 21.8 Å². The second kappa shape index (κ2) is 2.91. The van der Waals surface area contributed by atoms with Crippen LogP contribution in [0.3, 0.4) is 0 Å². The summed E-state index contributed by atoms with van der Waals surface area (Å²) in [6, 6.07) is -0.955. The van der Waals surface area contributed by atoms with Gasteiger partial charge in [-0.3, -0.25) is 0 Å². The number of rotatable bonds is 1. The molecular weight excluding hydrogens is 160 g/mol. The van der Waals surface area contributed by atoms with Gasteiger partial charge in [0.2, 0.25) is 0 Å². The highest BCUT2D eigenvalue weighted by Crippen LogP contribution is 2.13. The Morgan fingerprint density at radius 3 is 3.46 bits per heavy atom. The van der Waals surface area contributed by atoms with E-state index >= 15 is 0 Å². The summed E-state index contributed by atoms with van der Waals surface area (Å²) < 4.78 is 60.7. The third kappa shape index (κ3) is 1.24. The van der Waals surface area contributed by atoms with Gasteiger partial charge < -0.3 is 5.11 Å². The van der Waals surface area contributed by atoms with Gasteiger partial charge in [-0.15, -0.1) is 0 Å². The Labute approximate surface area is 89.4 Å². The molecule has 0 spiro atoms. The molecule has 2 rings (SSSR count). The van der Waals surface area contributed by atoms with Gasteiger partial charge in [0.15, 0.2) is 0 Å². The first-order valence-electron chi connectivity index (χ1n) is 8.07. The molecule has 0 heterocycles. The summed E-state index contributed by atoms with van der Waals surface area (Å²) in [4.78, 5) is 0. The second-order valence-corrected chi connectivity index (χ2v) is 3.13. The molecule has 0 fully saturated rings. The first kappa shape index (κ1) is 3.16. The van der Waals surface area contributed by atoms with Crippen molar-refractivity contribution in [3.8, 4) is 0 Å². The van der Waals surface area contributed by atoms with Gasteiger partial charge in [-0.25, -0.2) is 0 Å². The van der Waals surface area contributed by atoms with Gasteiger partial charge in [-0.2, -0.15) is 0 Å². The molecule has 0 saturated heterocycles. The van der Waals surface area contributed by atoms with Crippen LogP contribution in [0.5, 0.6) is 0 Å². The molecule has 68 valence electrons. The minimum atomic E-state index is -2.57. The highest BCUT2D eigenvalue weighted by Gasteiger charge is 2.10. The van der Waals surface area contributed by atoms with Gasteiger partial charge in [0, 0.05) is 15.8 Å². The molecule has 1 aliphatic rings. The van der Waals surface area contributed by atoms with Crippen LogP contribution in [0.1, 0.15) is 33.6 Å². The molecule has 0 unspecified atom stereocenters. The summed E-state index contributed by atoms with van der Waals surface area (Å²) in [6.07, 6.45) is 1.31. The van der Waals surface area contributed by atoms with E-state index in [1.54, 1.807) is 0 Å². The van der Waals surface area contributed by atoms with Crippen molar-refractivity contribution in [2.24, 2.45) is 0 Å². The fourth-order valence-electron chi connectivity index (χ4n) is 1.65. The van der Waals surface area contributed by atoms with Gasteiger partial charge in [0.1, 0.15) is 5.76 Å². The molecule has 1 aromatic carbocycles. The van der Waals surface area contributed by atoms with E-state index in [9.17, 15) is 0 Å². The minimum Gasteiger partial charge on any atom is -0.512 e. The van der Waals surface area contributed by atoms with E-state index in [2.05, 4.69) is 5.11 Å². The molecule has 0 bridgehead atoms. The van der Waals surface area contributed by atoms with Crippen LogP contribution in [0, 0.1) is 6.85 Å². The van der Waals surface area contributed by atoms with Crippen LogP contribution in [0.25, 0.3) is 13.7 Å². The maximum absolute atomic E-state index is 7.92. The molecule has 1 nitrogen and oxygen atoms in total. The minimum absolute atomic E-state index is 0.134. The quantitative estimate of drug-likeness (QED) is 0.696. The lowest BCUT2D eigenvalue weighted by atomic mass is 9.93. The summed E-state index contributed by atoms with van der Waals surface area (Å²) in [5.74, 6) is 0.155. The number of fused-ring (bicyclic) bond motifs is 1. The van der Waals surface area contributed by atoms with Crippen molar-refractivity contribution >= 4 is 12.3 Å². The lowest BCUT2D eigenvalue weighted by molar-refractivity contribution is 0.465. The third-order valence-electron chi connectivity index (χ3n) is 2.28. The molecule has 1 aliphatic carbocycles. The van der Waals surface area contributed by atoms with E-state index < -0.39 is 25.5 Å². The van der Waals surface area contributed by atoms with Crippen LogP contribution < -0.4 is 10.4 Å². The smallest absolute Gasteiger partial charge is 0.293 e.